The Morgan fingerprint density at radius 1 is 1.25 bits per heavy atom. The first kappa shape index (κ1) is 10.2. The largest absolute Gasteiger partial charge is 0.476 e. The molecular formula is C9H5F2N3O2. The van der Waals surface area contributed by atoms with E-state index in [1.165, 1.54) is 0 Å². The lowest BCUT2D eigenvalue weighted by atomic mass is 10.3. The first-order valence-corrected chi connectivity index (χ1v) is 4.18. The van der Waals surface area contributed by atoms with Crippen LogP contribution in [0.25, 0.3) is 5.69 Å². The standard InChI is InChI=1S/C9H5F2N3O2/c10-5-1-6(11)3-7(2-5)14-8(9(15)16)4-12-13-14/h1-4H,(H,15,16). The number of nitrogens with zero attached hydrogens (tertiary/aromatic N) is 3. The van der Waals surface area contributed by atoms with E-state index in [1.54, 1.807) is 0 Å². The number of aromatic nitrogens is 3. The zero-order valence-corrected chi connectivity index (χ0v) is 7.76. The Morgan fingerprint density at radius 2 is 1.88 bits per heavy atom. The van der Waals surface area contributed by atoms with Gasteiger partial charge in [0, 0.05) is 6.07 Å². The summed E-state index contributed by atoms with van der Waals surface area (Å²) in [7, 11) is 0. The second-order valence-electron chi connectivity index (χ2n) is 2.96. The number of halogens is 2. The van der Waals surface area contributed by atoms with Crippen LogP contribution in [-0.2, 0) is 0 Å². The zero-order chi connectivity index (χ0) is 11.7. The Hall–Kier alpha value is -2.31. The van der Waals surface area contributed by atoms with E-state index in [4.69, 9.17) is 5.11 Å². The van der Waals surface area contributed by atoms with Gasteiger partial charge in [-0.05, 0) is 12.1 Å². The molecule has 0 saturated carbocycles. The van der Waals surface area contributed by atoms with Crippen molar-refractivity contribution in [1.29, 1.82) is 0 Å². The van der Waals surface area contributed by atoms with Gasteiger partial charge in [-0.1, -0.05) is 5.21 Å². The highest BCUT2D eigenvalue weighted by molar-refractivity contribution is 5.85. The molecule has 0 bridgehead atoms. The number of benzene rings is 1. The second kappa shape index (κ2) is 3.69. The molecule has 1 heterocycles. The molecular weight excluding hydrogens is 220 g/mol. The Labute approximate surface area is 87.9 Å². The van der Waals surface area contributed by atoms with Crippen molar-refractivity contribution in [1.82, 2.24) is 15.0 Å². The fourth-order valence-electron chi connectivity index (χ4n) is 1.23. The molecule has 1 aromatic heterocycles. The van der Waals surface area contributed by atoms with Crippen molar-refractivity contribution in [3.63, 3.8) is 0 Å². The Morgan fingerprint density at radius 3 is 2.44 bits per heavy atom. The normalized spacial score (nSPS) is 10.4. The maximum absolute atomic E-state index is 12.9. The molecule has 0 saturated heterocycles. The van der Waals surface area contributed by atoms with Crippen LogP contribution in [0.3, 0.4) is 0 Å². The van der Waals surface area contributed by atoms with Gasteiger partial charge in [-0.2, -0.15) is 0 Å². The molecule has 0 fully saturated rings. The van der Waals surface area contributed by atoms with Crippen LogP contribution in [0.2, 0.25) is 0 Å². The monoisotopic (exact) mass is 225 g/mol. The molecule has 2 aromatic rings. The minimum Gasteiger partial charge on any atom is -0.476 e. The Kier molecular flexibility index (Phi) is 2.35. The summed E-state index contributed by atoms with van der Waals surface area (Å²) in [6, 6.07) is 2.61. The van der Waals surface area contributed by atoms with E-state index in [0.29, 0.717) is 6.07 Å². The molecule has 0 amide bonds. The highest BCUT2D eigenvalue weighted by Crippen LogP contribution is 2.13. The average Bonchev–Trinajstić information content (AvgIpc) is 2.63. The topological polar surface area (TPSA) is 68.0 Å². The molecule has 16 heavy (non-hydrogen) atoms. The highest BCUT2D eigenvalue weighted by atomic mass is 19.1. The maximum atomic E-state index is 12.9. The van der Waals surface area contributed by atoms with Gasteiger partial charge in [0.15, 0.2) is 5.69 Å². The van der Waals surface area contributed by atoms with Crippen LogP contribution in [0.4, 0.5) is 8.78 Å². The van der Waals surface area contributed by atoms with Gasteiger partial charge in [0.1, 0.15) is 11.6 Å². The third-order valence-corrected chi connectivity index (χ3v) is 1.86. The Bertz CT molecular complexity index is 533. The van der Waals surface area contributed by atoms with Crippen molar-refractivity contribution in [3.8, 4) is 5.69 Å². The van der Waals surface area contributed by atoms with Gasteiger partial charge in [0.05, 0.1) is 11.9 Å². The van der Waals surface area contributed by atoms with Crippen molar-refractivity contribution in [2.75, 3.05) is 0 Å². The summed E-state index contributed by atoms with van der Waals surface area (Å²) in [6.07, 6.45) is 0.991. The van der Waals surface area contributed by atoms with Crippen LogP contribution >= 0.6 is 0 Å². The molecule has 2 rings (SSSR count). The second-order valence-corrected chi connectivity index (χ2v) is 2.96. The molecule has 0 aliphatic carbocycles. The zero-order valence-electron chi connectivity index (χ0n) is 7.76. The fourth-order valence-corrected chi connectivity index (χ4v) is 1.23. The molecule has 0 unspecified atom stereocenters. The molecule has 82 valence electrons. The average molecular weight is 225 g/mol. The van der Waals surface area contributed by atoms with Crippen LogP contribution in [-0.4, -0.2) is 26.1 Å². The fraction of sp³-hybridized carbons (Fsp3) is 0. The maximum Gasteiger partial charge on any atom is 0.356 e. The number of carbonyl (C=O) groups is 1. The summed E-state index contributed by atoms with van der Waals surface area (Å²) in [4.78, 5) is 10.7. The number of hydrogen-bond acceptors (Lipinski definition) is 3. The predicted octanol–water partition coefficient (Wildman–Crippen LogP) is 1.24. The molecule has 0 spiro atoms. The smallest absolute Gasteiger partial charge is 0.356 e. The van der Waals surface area contributed by atoms with Crippen molar-refractivity contribution in [3.05, 3.63) is 41.7 Å². The molecule has 5 nitrogen and oxygen atoms in total. The molecule has 1 N–H and O–H groups in total. The van der Waals surface area contributed by atoms with Gasteiger partial charge in [-0.15, -0.1) is 5.10 Å². The molecule has 0 aliphatic rings. The lowest BCUT2D eigenvalue weighted by Crippen LogP contribution is -2.08. The number of rotatable bonds is 2. The van der Waals surface area contributed by atoms with Gasteiger partial charge in [-0.25, -0.2) is 18.3 Å². The summed E-state index contributed by atoms with van der Waals surface area (Å²) in [5.41, 5.74) is -0.308. The molecule has 0 aliphatic heterocycles. The lowest BCUT2D eigenvalue weighted by Gasteiger charge is -2.03. The SMILES string of the molecule is O=C(O)c1cnnn1-c1cc(F)cc(F)c1. The summed E-state index contributed by atoms with van der Waals surface area (Å²) in [6.45, 7) is 0. The van der Waals surface area contributed by atoms with E-state index < -0.39 is 17.6 Å². The molecule has 1 aromatic carbocycles. The molecule has 0 radical (unpaired) electrons. The minimum atomic E-state index is -1.28. The van der Waals surface area contributed by atoms with Gasteiger partial charge in [0.2, 0.25) is 0 Å². The van der Waals surface area contributed by atoms with E-state index >= 15 is 0 Å². The number of hydrogen-bond donors (Lipinski definition) is 1. The van der Waals surface area contributed by atoms with Crippen LogP contribution in [0, 0.1) is 11.6 Å². The van der Waals surface area contributed by atoms with Gasteiger partial charge < -0.3 is 5.11 Å². The molecule has 0 atom stereocenters. The third kappa shape index (κ3) is 1.74. The van der Waals surface area contributed by atoms with Crippen LogP contribution < -0.4 is 0 Å². The summed E-state index contributed by atoms with van der Waals surface area (Å²) >= 11 is 0. The van der Waals surface area contributed by atoms with Crippen molar-refractivity contribution in [2.24, 2.45) is 0 Å². The lowest BCUT2D eigenvalue weighted by molar-refractivity contribution is 0.0687. The van der Waals surface area contributed by atoms with E-state index in [2.05, 4.69) is 10.3 Å². The summed E-state index contributed by atoms with van der Waals surface area (Å²) < 4.78 is 26.6. The predicted molar refractivity (Wildman–Crippen MR) is 48.2 cm³/mol. The van der Waals surface area contributed by atoms with Gasteiger partial charge in [0.25, 0.3) is 0 Å². The van der Waals surface area contributed by atoms with Crippen molar-refractivity contribution in [2.45, 2.75) is 0 Å². The number of aromatic carboxylic acids is 1. The van der Waals surface area contributed by atoms with Crippen LogP contribution in [0.15, 0.2) is 24.4 Å². The van der Waals surface area contributed by atoms with Crippen molar-refractivity contribution >= 4 is 5.97 Å². The summed E-state index contributed by atoms with van der Waals surface area (Å²) in [5.74, 6) is -2.92. The number of carboxylic acids is 1. The summed E-state index contributed by atoms with van der Waals surface area (Å²) in [5, 5.41) is 15.6. The first-order valence-electron chi connectivity index (χ1n) is 4.18. The van der Waals surface area contributed by atoms with Gasteiger partial charge >= 0.3 is 5.97 Å². The van der Waals surface area contributed by atoms with Gasteiger partial charge in [-0.3, -0.25) is 0 Å². The molecule has 7 heteroatoms. The van der Waals surface area contributed by atoms with Crippen molar-refractivity contribution < 1.29 is 18.7 Å². The van der Waals surface area contributed by atoms with E-state index in [1.807, 2.05) is 0 Å². The minimum absolute atomic E-state index is 0.0348. The van der Waals surface area contributed by atoms with E-state index in [-0.39, 0.29) is 11.4 Å². The van der Waals surface area contributed by atoms with Crippen LogP contribution in [0.1, 0.15) is 10.5 Å². The van der Waals surface area contributed by atoms with Crippen LogP contribution in [0.5, 0.6) is 0 Å². The number of carboxylic acid groups (broad SMARTS) is 1. The quantitative estimate of drug-likeness (QED) is 0.834. The van der Waals surface area contributed by atoms with E-state index in [0.717, 1.165) is 23.0 Å². The highest BCUT2D eigenvalue weighted by Gasteiger charge is 2.14. The van der Waals surface area contributed by atoms with E-state index in [9.17, 15) is 13.6 Å². The first-order chi connectivity index (χ1) is 7.58. The Balaban J connectivity index is 2.58. The third-order valence-electron chi connectivity index (χ3n) is 1.86.